The van der Waals surface area contributed by atoms with E-state index in [-0.39, 0.29) is 47.9 Å². The molecule has 2 N–H and O–H groups in total. The molecule has 128 valence electrons. The Bertz CT molecular complexity index is 566. The van der Waals surface area contributed by atoms with E-state index < -0.39 is 0 Å². The Hall–Kier alpha value is -0.600. The largest absolute Gasteiger partial charge is 0.391 e. The topological polar surface area (TPSA) is 47.9 Å². The molecule has 1 aliphatic heterocycles. The van der Waals surface area contributed by atoms with Gasteiger partial charge in [0.05, 0.1) is 6.10 Å². The summed E-state index contributed by atoms with van der Waals surface area (Å²) >= 11 is 6.13. The number of aliphatic hydroxyl groups excluding tert-OH is 1. The van der Waals surface area contributed by atoms with E-state index >= 15 is 0 Å². The molecule has 3 rings (SSSR count). The predicted octanol–water partition coefficient (Wildman–Crippen LogP) is 2.99. The summed E-state index contributed by atoms with van der Waals surface area (Å²) in [4.78, 5) is 6.55. The third-order valence-electron chi connectivity index (χ3n) is 4.25. The molecule has 1 aliphatic carbocycles. The quantitative estimate of drug-likeness (QED) is 0.420. The Morgan fingerprint density at radius 3 is 2.91 bits per heavy atom. The van der Waals surface area contributed by atoms with Gasteiger partial charge in [0.1, 0.15) is 5.82 Å². The second-order valence-electron chi connectivity index (χ2n) is 5.91. The average Bonchev–Trinajstić information content (AvgIpc) is 3.07. The molecule has 2 fully saturated rings. The minimum atomic E-state index is -0.292. The highest BCUT2D eigenvalue weighted by atomic mass is 127. The van der Waals surface area contributed by atoms with Crippen molar-refractivity contribution in [3.63, 3.8) is 0 Å². The van der Waals surface area contributed by atoms with Crippen molar-refractivity contribution < 1.29 is 9.50 Å². The highest BCUT2D eigenvalue weighted by Gasteiger charge is 2.42. The lowest BCUT2D eigenvalue weighted by Gasteiger charge is -2.21. The standard InChI is InChI=1S/C16H21ClFN3O.HI/c1-2-19-16(21-7-6-10(22)9-21)20-14-8-11(14)15-12(17)4-3-5-13(15)18;/h3-5,10-11,14,22H,2,6-9H2,1H3,(H,19,20);1H/t10-,11?,14?;/m1./s1. The first-order chi connectivity index (χ1) is 10.6. The number of halogens is 3. The number of rotatable bonds is 3. The van der Waals surface area contributed by atoms with E-state index in [2.05, 4.69) is 15.2 Å². The number of nitrogens with zero attached hydrogens (tertiary/aromatic N) is 2. The maximum Gasteiger partial charge on any atom is 0.194 e. The van der Waals surface area contributed by atoms with Crippen LogP contribution in [0.25, 0.3) is 0 Å². The van der Waals surface area contributed by atoms with E-state index in [1.165, 1.54) is 6.07 Å². The van der Waals surface area contributed by atoms with Crippen LogP contribution in [0.1, 0.15) is 31.2 Å². The Kier molecular flexibility index (Phi) is 6.50. The molecule has 7 heteroatoms. The summed E-state index contributed by atoms with van der Waals surface area (Å²) < 4.78 is 14.0. The molecule has 1 saturated heterocycles. The maximum atomic E-state index is 14.0. The third-order valence-corrected chi connectivity index (χ3v) is 4.58. The van der Waals surface area contributed by atoms with Gasteiger partial charge in [-0.3, -0.25) is 4.99 Å². The number of aliphatic hydroxyl groups is 1. The molecule has 1 heterocycles. The molecule has 23 heavy (non-hydrogen) atoms. The number of likely N-dealkylation sites (tertiary alicyclic amines) is 1. The van der Waals surface area contributed by atoms with Crippen molar-refractivity contribution in [2.45, 2.75) is 37.8 Å². The van der Waals surface area contributed by atoms with Crippen LogP contribution in [-0.4, -0.2) is 47.7 Å². The van der Waals surface area contributed by atoms with E-state index in [4.69, 9.17) is 11.6 Å². The molecule has 1 saturated carbocycles. The highest BCUT2D eigenvalue weighted by Crippen LogP contribution is 2.45. The molecular weight excluding hydrogens is 432 g/mol. The predicted molar refractivity (Wildman–Crippen MR) is 101 cm³/mol. The molecule has 2 unspecified atom stereocenters. The zero-order valence-corrected chi connectivity index (χ0v) is 16.1. The Labute approximate surface area is 158 Å². The lowest BCUT2D eigenvalue weighted by molar-refractivity contribution is 0.187. The highest BCUT2D eigenvalue weighted by molar-refractivity contribution is 14.0. The summed E-state index contributed by atoms with van der Waals surface area (Å²) in [5.74, 6) is 0.648. The van der Waals surface area contributed by atoms with Crippen LogP contribution >= 0.6 is 35.6 Å². The smallest absolute Gasteiger partial charge is 0.194 e. The fraction of sp³-hybridized carbons (Fsp3) is 0.562. The molecule has 0 spiro atoms. The van der Waals surface area contributed by atoms with Crippen LogP contribution in [0.2, 0.25) is 5.02 Å². The molecule has 4 nitrogen and oxygen atoms in total. The first-order valence-electron chi connectivity index (χ1n) is 7.78. The number of hydrogen-bond donors (Lipinski definition) is 2. The second kappa shape index (κ2) is 7.98. The van der Waals surface area contributed by atoms with Gasteiger partial charge in [0.15, 0.2) is 5.96 Å². The van der Waals surface area contributed by atoms with Gasteiger partial charge in [-0.2, -0.15) is 0 Å². The Morgan fingerprint density at radius 2 is 2.30 bits per heavy atom. The first kappa shape index (κ1) is 18.7. The molecule has 0 radical (unpaired) electrons. The van der Waals surface area contributed by atoms with Gasteiger partial charge in [-0.15, -0.1) is 24.0 Å². The summed E-state index contributed by atoms with van der Waals surface area (Å²) in [5.41, 5.74) is 0.596. The van der Waals surface area contributed by atoms with E-state index in [9.17, 15) is 9.50 Å². The van der Waals surface area contributed by atoms with Gasteiger partial charge in [-0.25, -0.2) is 4.39 Å². The normalized spacial score (nSPS) is 26.9. The van der Waals surface area contributed by atoms with Gasteiger partial charge in [0.2, 0.25) is 0 Å². The van der Waals surface area contributed by atoms with Crippen LogP contribution in [-0.2, 0) is 0 Å². The zero-order chi connectivity index (χ0) is 15.7. The van der Waals surface area contributed by atoms with Crippen LogP contribution in [0, 0.1) is 5.82 Å². The summed E-state index contributed by atoms with van der Waals surface area (Å²) in [7, 11) is 0. The summed E-state index contributed by atoms with van der Waals surface area (Å²) in [6, 6.07) is 4.96. The zero-order valence-electron chi connectivity index (χ0n) is 13.0. The fourth-order valence-corrected chi connectivity index (χ4v) is 3.33. The maximum absolute atomic E-state index is 14.0. The molecule has 3 atom stereocenters. The van der Waals surface area contributed by atoms with Crippen molar-refractivity contribution in [1.82, 2.24) is 10.2 Å². The van der Waals surface area contributed by atoms with Crippen LogP contribution in [0.4, 0.5) is 4.39 Å². The van der Waals surface area contributed by atoms with Crippen molar-refractivity contribution in [3.8, 4) is 0 Å². The van der Waals surface area contributed by atoms with Crippen molar-refractivity contribution >= 4 is 41.5 Å². The minimum Gasteiger partial charge on any atom is -0.391 e. The number of benzene rings is 1. The first-order valence-corrected chi connectivity index (χ1v) is 8.15. The van der Waals surface area contributed by atoms with E-state index in [1.54, 1.807) is 12.1 Å². The fourth-order valence-electron chi connectivity index (χ4n) is 3.03. The Balaban J connectivity index is 0.00000192. The minimum absolute atomic E-state index is 0. The van der Waals surface area contributed by atoms with Gasteiger partial charge in [0.25, 0.3) is 0 Å². The van der Waals surface area contributed by atoms with Crippen molar-refractivity contribution in [2.75, 3.05) is 19.6 Å². The number of guanidine groups is 1. The van der Waals surface area contributed by atoms with Crippen LogP contribution in [0.3, 0.4) is 0 Å². The SMILES string of the molecule is CCN=C(NC1CC1c1c(F)cccc1Cl)N1CC[C@@H](O)C1.I. The molecule has 1 aromatic carbocycles. The third kappa shape index (κ3) is 4.28. The number of β-amino-alcohol motifs (C(OH)–C–C–N with tert-alkyl or cyclic N) is 1. The lowest BCUT2D eigenvalue weighted by atomic mass is 10.1. The van der Waals surface area contributed by atoms with E-state index in [1.807, 2.05) is 6.92 Å². The average molecular weight is 454 g/mol. The van der Waals surface area contributed by atoms with Crippen LogP contribution < -0.4 is 5.32 Å². The van der Waals surface area contributed by atoms with Crippen molar-refractivity contribution in [1.29, 1.82) is 0 Å². The van der Waals surface area contributed by atoms with Crippen LogP contribution in [0.5, 0.6) is 0 Å². The Morgan fingerprint density at radius 1 is 1.52 bits per heavy atom. The molecule has 0 aromatic heterocycles. The lowest BCUT2D eigenvalue weighted by Crippen LogP contribution is -2.42. The second-order valence-corrected chi connectivity index (χ2v) is 6.32. The summed E-state index contributed by atoms with van der Waals surface area (Å²) in [6.07, 6.45) is 1.32. The number of aliphatic imine (C=N–C) groups is 1. The van der Waals surface area contributed by atoms with Gasteiger partial charge >= 0.3 is 0 Å². The van der Waals surface area contributed by atoms with Crippen LogP contribution in [0.15, 0.2) is 23.2 Å². The molecule has 1 aromatic rings. The number of nitrogens with one attached hydrogen (secondary N) is 1. The van der Waals surface area contributed by atoms with Crippen molar-refractivity contribution in [2.24, 2.45) is 4.99 Å². The molecular formula is C16H22ClFIN3O. The molecule has 0 amide bonds. The van der Waals surface area contributed by atoms with Crippen molar-refractivity contribution in [3.05, 3.63) is 34.6 Å². The number of hydrogen-bond acceptors (Lipinski definition) is 2. The summed E-state index contributed by atoms with van der Waals surface area (Å²) in [5, 5.41) is 13.6. The van der Waals surface area contributed by atoms with Gasteiger partial charge < -0.3 is 15.3 Å². The van der Waals surface area contributed by atoms with E-state index in [0.29, 0.717) is 23.7 Å². The van der Waals surface area contributed by atoms with Gasteiger partial charge in [0, 0.05) is 42.2 Å². The monoisotopic (exact) mass is 453 g/mol. The molecule has 2 aliphatic rings. The van der Waals surface area contributed by atoms with Gasteiger partial charge in [-0.05, 0) is 31.9 Å². The molecule has 0 bridgehead atoms. The van der Waals surface area contributed by atoms with E-state index in [0.717, 1.165) is 25.3 Å². The summed E-state index contributed by atoms with van der Waals surface area (Å²) in [6.45, 7) is 4.05. The van der Waals surface area contributed by atoms with Gasteiger partial charge in [-0.1, -0.05) is 17.7 Å².